The van der Waals surface area contributed by atoms with E-state index in [1.807, 2.05) is 29.9 Å². The van der Waals surface area contributed by atoms with Gasteiger partial charge in [0.15, 0.2) is 11.7 Å². The number of oxime groups is 1. The Kier molecular flexibility index (Phi) is 6.10. The van der Waals surface area contributed by atoms with E-state index in [0.29, 0.717) is 22.6 Å². The van der Waals surface area contributed by atoms with E-state index in [1.165, 1.54) is 17.6 Å². The van der Waals surface area contributed by atoms with Crippen molar-refractivity contribution >= 4 is 23.3 Å². The zero-order valence-corrected chi connectivity index (χ0v) is 16.9. The van der Waals surface area contributed by atoms with Gasteiger partial charge in [0.1, 0.15) is 11.5 Å². The van der Waals surface area contributed by atoms with E-state index in [0.717, 1.165) is 16.5 Å². The maximum Gasteiger partial charge on any atom is 0.204 e. The fraction of sp³-hybridized carbons (Fsp3) is 0.250. The van der Waals surface area contributed by atoms with Crippen LogP contribution in [0.2, 0.25) is 0 Å². The highest BCUT2D eigenvalue weighted by atomic mass is 32.1. The van der Waals surface area contributed by atoms with Crippen LogP contribution in [0.1, 0.15) is 27.3 Å². The Morgan fingerprint density at radius 1 is 1.25 bits per heavy atom. The molecule has 3 rings (SSSR count). The first-order valence-corrected chi connectivity index (χ1v) is 9.42. The van der Waals surface area contributed by atoms with Gasteiger partial charge in [-0.15, -0.1) is 11.3 Å². The van der Waals surface area contributed by atoms with Crippen LogP contribution in [-0.2, 0) is 4.84 Å². The van der Waals surface area contributed by atoms with Gasteiger partial charge < -0.3 is 14.3 Å². The Balaban J connectivity index is 1.69. The van der Waals surface area contributed by atoms with Crippen molar-refractivity contribution in [3.05, 3.63) is 58.4 Å². The second-order valence-electron chi connectivity index (χ2n) is 5.97. The van der Waals surface area contributed by atoms with E-state index in [9.17, 15) is 4.79 Å². The van der Waals surface area contributed by atoms with Crippen LogP contribution < -0.4 is 9.47 Å². The summed E-state index contributed by atoms with van der Waals surface area (Å²) in [5, 5.41) is 6.64. The fourth-order valence-electron chi connectivity index (χ4n) is 2.87. The van der Waals surface area contributed by atoms with Crippen molar-refractivity contribution in [3.63, 3.8) is 0 Å². The lowest BCUT2D eigenvalue weighted by molar-refractivity contribution is 0.0778. The second-order valence-corrected chi connectivity index (χ2v) is 6.85. The fourth-order valence-corrected chi connectivity index (χ4v) is 3.63. The highest BCUT2D eigenvalue weighted by Gasteiger charge is 2.18. The molecule has 0 unspecified atom stereocenters. The molecule has 0 aliphatic rings. The molecule has 2 heterocycles. The number of Topliss-reactive ketones (excluding diaryl/α,β-unsaturated/α-hetero) is 1. The van der Waals surface area contributed by atoms with E-state index in [-0.39, 0.29) is 12.4 Å². The van der Waals surface area contributed by atoms with E-state index in [1.54, 1.807) is 38.6 Å². The third-order valence-electron chi connectivity index (χ3n) is 4.24. The van der Waals surface area contributed by atoms with Crippen molar-refractivity contribution < 1.29 is 19.1 Å². The van der Waals surface area contributed by atoms with Crippen molar-refractivity contribution in [2.75, 3.05) is 20.8 Å². The number of rotatable bonds is 8. The van der Waals surface area contributed by atoms with Crippen LogP contribution in [0, 0.1) is 13.8 Å². The summed E-state index contributed by atoms with van der Waals surface area (Å²) in [5.41, 5.74) is 3.07. The first-order chi connectivity index (χ1) is 13.5. The zero-order valence-electron chi connectivity index (χ0n) is 16.1. The Morgan fingerprint density at radius 3 is 2.75 bits per heavy atom. The number of hydrogen-bond acceptors (Lipinski definition) is 7. The maximum absolute atomic E-state index is 12.6. The number of ether oxygens (including phenoxy) is 2. The number of aromatic nitrogens is 2. The Bertz CT molecular complexity index is 993. The van der Waals surface area contributed by atoms with Gasteiger partial charge in [0.25, 0.3) is 0 Å². The van der Waals surface area contributed by atoms with Gasteiger partial charge in [-0.2, -0.15) is 0 Å². The quantitative estimate of drug-likeness (QED) is 0.327. The summed E-state index contributed by atoms with van der Waals surface area (Å²) in [7, 11) is 3.15. The summed E-state index contributed by atoms with van der Waals surface area (Å²) in [4.78, 5) is 22.1. The van der Waals surface area contributed by atoms with Gasteiger partial charge in [0.2, 0.25) is 5.78 Å². The Hall–Kier alpha value is -3.13. The highest BCUT2D eigenvalue weighted by Crippen LogP contribution is 2.23. The first kappa shape index (κ1) is 19.6. The third kappa shape index (κ3) is 4.07. The molecule has 0 saturated carbocycles. The number of benzene rings is 1. The number of methoxy groups -OCH3 is 2. The van der Waals surface area contributed by atoms with Crippen molar-refractivity contribution in [2.24, 2.45) is 5.16 Å². The van der Waals surface area contributed by atoms with Crippen LogP contribution in [0.3, 0.4) is 0 Å². The number of thiazole rings is 1. The minimum atomic E-state index is -0.162. The average Bonchev–Trinajstić information content (AvgIpc) is 3.32. The largest absolute Gasteiger partial charge is 0.497 e. The van der Waals surface area contributed by atoms with Crippen LogP contribution in [0.25, 0.3) is 5.13 Å². The summed E-state index contributed by atoms with van der Waals surface area (Å²) in [6.07, 6.45) is 3.23. The molecule has 3 aromatic rings. The lowest BCUT2D eigenvalue weighted by Gasteiger charge is -2.07. The summed E-state index contributed by atoms with van der Waals surface area (Å²) < 4.78 is 12.4. The standard InChI is InChI=1S/C20H21N3O4S/c1-13-9-17(14(2)23(13)20-21-7-8-28-20)18(24)12-27-22-11-15-10-16(25-3)5-6-19(15)26-4/h5-11H,12H2,1-4H3/b22-11+. The van der Waals surface area contributed by atoms with Gasteiger partial charge in [0.05, 0.1) is 20.4 Å². The second kappa shape index (κ2) is 8.71. The number of carbonyl (C=O) groups is 1. The summed E-state index contributed by atoms with van der Waals surface area (Å²) in [6.45, 7) is 3.68. The maximum atomic E-state index is 12.6. The molecule has 8 heteroatoms. The van der Waals surface area contributed by atoms with E-state index < -0.39 is 0 Å². The lowest BCUT2D eigenvalue weighted by Crippen LogP contribution is -2.08. The molecule has 7 nitrogen and oxygen atoms in total. The number of hydrogen-bond donors (Lipinski definition) is 0. The first-order valence-electron chi connectivity index (χ1n) is 8.54. The summed E-state index contributed by atoms with van der Waals surface area (Å²) in [5.74, 6) is 1.16. The number of carbonyl (C=O) groups excluding carboxylic acids is 1. The van der Waals surface area contributed by atoms with E-state index in [4.69, 9.17) is 14.3 Å². The predicted octanol–water partition coefficient (Wildman–Crippen LogP) is 3.80. The van der Waals surface area contributed by atoms with Crippen molar-refractivity contribution in [3.8, 4) is 16.6 Å². The molecular formula is C20H21N3O4S. The molecule has 28 heavy (non-hydrogen) atoms. The van der Waals surface area contributed by atoms with Crippen molar-refractivity contribution in [1.29, 1.82) is 0 Å². The summed E-state index contributed by atoms with van der Waals surface area (Å²) >= 11 is 1.52. The molecule has 0 fully saturated rings. The van der Waals surface area contributed by atoms with Crippen LogP contribution >= 0.6 is 11.3 Å². The molecule has 0 radical (unpaired) electrons. The SMILES string of the molecule is COc1ccc(OC)c(/C=N/OCC(=O)c2cc(C)n(-c3nccs3)c2C)c1. The van der Waals surface area contributed by atoms with Crippen LogP contribution in [0.4, 0.5) is 0 Å². The molecule has 0 spiro atoms. The van der Waals surface area contributed by atoms with Crippen LogP contribution in [-0.4, -0.2) is 42.4 Å². The molecule has 0 aliphatic carbocycles. The average molecular weight is 399 g/mol. The molecule has 0 amide bonds. The van der Waals surface area contributed by atoms with E-state index >= 15 is 0 Å². The van der Waals surface area contributed by atoms with Gasteiger partial charge in [0, 0.05) is 34.1 Å². The van der Waals surface area contributed by atoms with Crippen LogP contribution in [0.5, 0.6) is 11.5 Å². The molecule has 0 saturated heterocycles. The zero-order chi connectivity index (χ0) is 20.1. The molecule has 0 bridgehead atoms. The molecule has 0 atom stereocenters. The summed E-state index contributed by atoms with van der Waals surface area (Å²) in [6, 6.07) is 7.18. The van der Waals surface area contributed by atoms with E-state index in [2.05, 4.69) is 10.1 Å². The lowest BCUT2D eigenvalue weighted by atomic mass is 10.2. The van der Waals surface area contributed by atoms with Gasteiger partial charge >= 0.3 is 0 Å². The van der Waals surface area contributed by atoms with Crippen molar-refractivity contribution in [2.45, 2.75) is 13.8 Å². The third-order valence-corrected chi connectivity index (χ3v) is 5.00. The molecular weight excluding hydrogens is 378 g/mol. The molecule has 1 aromatic carbocycles. The topological polar surface area (TPSA) is 74.9 Å². The highest BCUT2D eigenvalue weighted by molar-refractivity contribution is 7.12. The Labute approximate surface area is 167 Å². The van der Waals surface area contributed by atoms with Crippen molar-refractivity contribution in [1.82, 2.24) is 9.55 Å². The van der Waals surface area contributed by atoms with Gasteiger partial charge in [-0.1, -0.05) is 5.16 Å². The predicted molar refractivity (Wildman–Crippen MR) is 108 cm³/mol. The minimum Gasteiger partial charge on any atom is -0.497 e. The van der Waals surface area contributed by atoms with Gasteiger partial charge in [-0.25, -0.2) is 4.98 Å². The molecule has 146 valence electrons. The smallest absolute Gasteiger partial charge is 0.204 e. The number of ketones is 1. The molecule has 0 aliphatic heterocycles. The van der Waals surface area contributed by atoms with Gasteiger partial charge in [-0.3, -0.25) is 9.36 Å². The Morgan fingerprint density at radius 2 is 2.07 bits per heavy atom. The minimum absolute atomic E-state index is 0.148. The normalized spacial score (nSPS) is 11.0. The number of nitrogens with zero attached hydrogens (tertiary/aromatic N) is 3. The van der Waals surface area contributed by atoms with Crippen LogP contribution in [0.15, 0.2) is 41.0 Å². The van der Waals surface area contributed by atoms with Gasteiger partial charge in [-0.05, 0) is 38.1 Å². The molecule has 2 aromatic heterocycles. The molecule has 0 N–H and O–H groups in total. The monoisotopic (exact) mass is 399 g/mol. The number of aryl methyl sites for hydroxylation is 1.